The van der Waals surface area contributed by atoms with Gasteiger partial charge in [-0.3, -0.25) is 0 Å². The van der Waals surface area contributed by atoms with Crippen LogP contribution >= 0.6 is 11.6 Å². The number of rotatable bonds is 1. The van der Waals surface area contributed by atoms with Crippen LogP contribution in [-0.4, -0.2) is 9.61 Å². The zero-order chi connectivity index (χ0) is 13.5. The lowest BCUT2D eigenvalue weighted by molar-refractivity contribution is 0.971. The van der Waals surface area contributed by atoms with Crippen LogP contribution in [0.1, 0.15) is 0 Å². The van der Waals surface area contributed by atoms with Crippen molar-refractivity contribution in [2.45, 2.75) is 0 Å². The molecule has 20 heavy (non-hydrogen) atoms. The van der Waals surface area contributed by atoms with Crippen molar-refractivity contribution in [2.75, 3.05) is 0 Å². The molecule has 0 aliphatic heterocycles. The maximum absolute atomic E-state index is 5.93. The summed E-state index contributed by atoms with van der Waals surface area (Å²) in [5.41, 5.74) is 3.15. The van der Waals surface area contributed by atoms with Crippen LogP contribution in [0.3, 0.4) is 0 Å². The minimum Gasteiger partial charge on any atom is -0.240 e. The van der Waals surface area contributed by atoms with Gasteiger partial charge in [-0.2, -0.15) is 5.10 Å². The highest BCUT2D eigenvalue weighted by Gasteiger charge is 2.07. The molecule has 2 heterocycles. The van der Waals surface area contributed by atoms with Gasteiger partial charge < -0.3 is 0 Å². The van der Waals surface area contributed by atoms with Crippen molar-refractivity contribution in [1.82, 2.24) is 9.61 Å². The third-order valence-electron chi connectivity index (χ3n) is 3.51. The molecule has 0 aliphatic carbocycles. The van der Waals surface area contributed by atoms with Gasteiger partial charge in [-0.05, 0) is 29.7 Å². The molecule has 3 heteroatoms. The number of halogens is 1. The van der Waals surface area contributed by atoms with Crippen molar-refractivity contribution in [2.24, 2.45) is 0 Å². The standard InChI is InChI=1S/C17H11ClN2/c18-14-7-5-13(6-8-14)16-11-17-15-4-2-1-3-12(15)9-10-20(17)19-16/h1-11H. The summed E-state index contributed by atoms with van der Waals surface area (Å²) >= 11 is 5.93. The van der Waals surface area contributed by atoms with E-state index in [1.165, 1.54) is 10.8 Å². The lowest BCUT2D eigenvalue weighted by Gasteiger charge is -1.98. The van der Waals surface area contributed by atoms with Crippen LogP contribution in [0.5, 0.6) is 0 Å². The lowest BCUT2D eigenvalue weighted by atomic mass is 10.1. The summed E-state index contributed by atoms with van der Waals surface area (Å²) < 4.78 is 1.92. The monoisotopic (exact) mass is 278 g/mol. The predicted octanol–water partition coefficient (Wildman–Crippen LogP) is 4.81. The molecule has 0 spiro atoms. The van der Waals surface area contributed by atoms with E-state index in [4.69, 9.17) is 11.6 Å². The van der Waals surface area contributed by atoms with Gasteiger partial charge in [0, 0.05) is 22.2 Å². The van der Waals surface area contributed by atoms with Crippen LogP contribution in [0.15, 0.2) is 66.9 Å². The van der Waals surface area contributed by atoms with Crippen LogP contribution in [0, 0.1) is 0 Å². The summed E-state index contributed by atoms with van der Waals surface area (Å²) in [6.45, 7) is 0. The Morgan fingerprint density at radius 1 is 0.900 bits per heavy atom. The first kappa shape index (κ1) is 11.5. The highest BCUT2D eigenvalue weighted by atomic mass is 35.5. The summed E-state index contributed by atoms with van der Waals surface area (Å²) in [5, 5.41) is 7.81. The van der Waals surface area contributed by atoms with Gasteiger partial charge in [0.05, 0.1) is 11.2 Å². The van der Waals surface area contributed by atoms with Crippen molar-refractivity contribution >= 4 is 27.9 Å². The Kier molecular flexibility index (Phi) is 2.51. The largest absolute Gasteiger partial charge is 0.240 e. The van der Waals surface area contributed by atoms with Gasteiger partial charge in [0.1, 0.15) is 0 Å². The first-order chi connectivity index (χ1) is 9.81. The summed E-state index contributed by atoms with van der Waals surface area (Å²) in [7, 11) is 0. The van der Waals surface area contributed by atoms with Crippen molar-refractivity contribution in [3.8, 4) is 11.3 Å². The third-order valence-corrected chi connectivity index (χ3v) is 3.76. The minimum absolute atomic E-state index is 0.739. The maximum Gasteiger partial charge on any atom is 0.0933 e. The van der Waals surface area contributed by atoms with E-state index in [1.54, 1.807) is 0 Å². The number of nitrogens with zero attached hydrogens (tertiary/aromatic N) is 2. The van der Waals surface area contributed by atoms with Gasteiger partial charge in [0.2, 0.25) is 0 Å². The fourth-order valence-electron chi connectivity index (χ4n) is 2.50. The molecule has 96 valence electrons. The molecule has 0 saturated carbocycles. The SMILES string of the molecule is Clc1ccc(-c2cc3c4ccccc4ccn3n2)cc1. The number of pyridine rings is 1. The smallest absolute Gasteiger partial charge is 0.0933 e. The molecule has 0 N–H and O–H groups in total. The van der Waals surface area contributed by atoms with Gasteiger partial charge in [0.25, 0.3) is 0 Å². The van der Waals surface area contributed by atoms with Gasteiger partial charge in [-0.1, -0.05) is 48.0 Å². The summed E-state index contributed by atoms with van der Waals surface area (Å²) in [5.74, 6) is 0. The van der Waals surface area contributed by atoms with E-state index in [1.807, 2.05) is 35.0 Å². The molecule has 0 saturated heterocycles. The van der Waals surface area contributed by atoms with Crippen molar-refractivity contribution in [3.05, 3.63) is 71.9 Å². The van der Waals surface area contributed by atoms with Gasteiger partial charge in [0.15, 0.2) is 0 Å². The summed E-state index contributed by atoms with van der Waals surface area (Å²) in [6.07, 6.45) is 2.00. The number of fused-ring (bicyclic) bond motifs is 3. The molecular weight excluding hydrogens is 268 g/mol. The minimum atomic E-state index is 0.739. The van der Waals surface area contributed by atoms with Gasteiger partial charge in [-0.25, -0.2) is 4.52 Å². The zero-order valence-electron chi connectivity index (χ0n) is 10.6. The fraction of sp³-hybridized carbons (Fsp3) is 0. The molecule has 0 atom stereocenters. The fourth-order valence-corrected chi connectivity index (χ4v) is 2.62. The highest BCUT2D eigenvalue weighted by Crippen LogP contribution is 2.25. The van der Waals surface area contributed by atoms with Crippen LogP contribution in [0.2, 0.25) is 5.02 Å². The second-order valence-corrected chi connectivity index (χ2v) is 5.21. The van der Waals surface area contributed by atoms with E-state index in [0.717, 1.165) is 21.8 Å². The van der Waals surface area contributed by atoms with Crippen LogP contribution in [0.4, 0.5) is 0 Å². The Bertz CT molecular complexity index is 907. The molecule has 4 aromatic rings. The number of benzene rings is 2. The average molecular weight is 279 g/mol. The normalized spacial score (nSPS) is 11.2. The molecule has 0 radical (unpaired) electrons. The summed E-state index contributed by atoms with van der Waals surface area (Å²) in [6, 6.07) is 20.3. The first-order valence-electron chi connectivity index (χ1n) is 6.44. The number of hydrogen-bond acceptors (Lipinski definition) is 1. The Morgan fingerprint density at radius 3 is 2.55 bits per heavy atom. The molecule has 2 aromatic carbocycles. The number of aromatic nitrogens is 2. The lowest BCUT2D eigenvalue weighted by Crippen LogP contribution is -1.87. The second-order valence-electron chi connectivity index (χ2n) is 4.77. The van der Waals surface area contributed by atoms with E-state index in [2.05, 4.69) is 41.5 Å². The van der Waals surface area contributed by atoms with E-state index >= 15 is 0 Å². The summed E-state index contributed by atoms with van der Waals surface area (Å²) in [4.78, 5) is 0. The molecule has 0 amide bonds. The van der Waals surface area contributed by atoms with Crippen LogP contribution in [0.25, 0.3) is 27.5 Å². The Hall–Kier alpha value is -2.32. The quantitative estimate of drug-likeness (QED) is 0.488. The highest BCUT2D eigenvalue weighted by molar-refractivity contribution is 6.30. The second kappa shape index (κ2) is 4.36. The topological polar surface area (TPSA) is 17.3 Å². The average Bonchev–Trinajstić information content (AvgIpc) is 2.92. The van der Waals surface area contributed by atoms with Crippen LogP contribution < -0.4 is 0 Å². The Morgan fingerprint density at radius 2 is 1.70 bits per heavy atom. The maximum atomic E-state index is 5.93. The molecule has 4 rings (SSSR count). The van der Waals surface area contributed by atoms with Crippen molar-refractivity contribution in [3.63, 3.8) is 0 Å². The van der Waals surface area contributed by atoms with E-state index in [-0.39, 0.29) is 0 Å². The predicted molar refractivity (Wildman–Crippen MR) is 83.1 cm³/mol. The van der Waals surface area contributed by atoms with Crippen molar-refractivity contribution < 1.29 is 0 Å². The third kappa shape index (κ3) is 1.77. The molecular formula is C17H11ClN2. The Labute approximate surface area is 121 Å². The number of hydrogen-bond donors (Lipinski definition) is 0. The van der Waals surface area contributed by atoms with Crippen LogP contribution in [-0.2, 0) is 0 Å². The molecule has 0 fully saturated rings. The zero-order valence-corrected chi connectivity index (χ0v) is 11.4. The van der Waals surface area contributed by atoms with Crippen molar-refractivity contribution in [1.29, 1.82) is 0 Å². The first-order valence-corrected chi connectivity index (χ1v) is 6.82. The molecule has 2 nitrogen and oxygen atoms in total. The van der Waals surface area contributed by atoms with E-state index in [0.29, 0.717) is 0 Å². The van der Waals surface area contributed by atoms with E-state index in [9.17, 15) is 0 Å². The Balaban J connectivity index is 1.98. The molecule has 0 aliphatic rings. The van der Waals surface area contributed by atoms with Gasteiger partial charge in [-0.15, -0.1) is 0 Å². The molecule has 0 unspecified atom stereocenters. The van der Waals surface area contributed by atoms with E-state index < -0.39 is 0 Å². The molecule has 0 bridgehead atoms. The molecule has 2 aromatic heterocycles. The van der Waals surface area contributed by atoms with Gasteiger partial charge >= 0.3 is 0 Å².